The Morgan fingerprint density at radius 1 is 1.29 bits per heavy atom. The minimum atomic E-state index is -0.635. The highest BCUT2D eigenvalue weighted by atomic mass is 16.3. The van der Waals surface area contributed by atoms with Crippen LogP contribution in [0.3, 0.4) is 0 Å². The van der Waals surface area contributed by atoms with E-state index in [1.54, 1.807) is 13.1 Å². The summed E-state index contributed by atoms with van der Waals surface area (Å²) in [6, 6.07) is 3.99. The standard InChI is InChI=1S/C18H28N4O2/c1-15(23)22-11-6-18(24,7-12-22)14-21-9-4-16(5-10-21)13-17-3-2-8-19-20-17/h2-3,8,16,24H,4-7,9-14H2,1H3. The number of carbonyl (C=O) groups is 1. The summed E-state index contributed by atoms with van der Waals surface area (Å²) in [4.78, 5) is 15.6. The van der Waals surface area contributed by atoms with Crippen LogP contribution >= 0.6 is 0 Å². The Morgan fingerprint density at radius 3 is 2.58 bits per heavy atom. The number of hydrogen-bond donors (Lipinski definition) is 1. The van der Waals surface area contributed by atoms with Gasteiger partial charge in [-0.15, -0.1) is 0 Å². The van der Waals surface area contributed by atoms with E-state index in [2.05, 4.69) is 15.1 Å². The maximum absolute atomic E-state index is 11.4. The molecule has 2 aliphatic heterocycles. The zero-order chi connectivity index (χ0) is 17.0. The van der Waals surface area contributed by atoms with Gasteiger partial charge in [-0.05, 0) is 63.2 Å². The largest absolute Gasteiger partial charge is 0.388 e. The second kappa shape index (κ2) is 7.57. The Balaban J connectivity index is 1.43. The highest BCUT2D eigenvalue weighted by Crippen LogP contribution is 2.27. The minimum absolute atomic E-state index is 0.113. The first-order valence-corrected chi connectivity index (χ1v) is 9.01. The van der Waals surface area contributed by atoms with Crippen molar-refractivity contribution in [2.45, 2.75) is 44.6 Å². The Labute approximate surface area is 143 Å². The molecule has 0 unspecified atom stereocenters. The molecule has 0 aliphatic carbocycles. The van der Waals surface area contributed by atoms with Crippen LogP contribution in [-0.2, 0) is 11.2 Å². The van der Waals surface area contributed by atoms with Gasteiger partial charge < -0.3 is 14.9 Å². The Morgan fingerprint density at radius 2 is 2.00 bits per heavy atom. The first-order chi connectivity index (χ1) is 11.5. The lowest BCUT2D eigenvalue weighted by atomic mass is 9.88. The van der Waals surface area contributed by atoms with Crippen molar-refractivity contribution in [2.75, 3.05) is 32.7 Å². The van der Waals surface area contributed by atoms with Crippen LogP contribution in [0.1, 0.15) is 38.3 Å². The number of carbonyl (C=O) groups excluding carboxylic acids is 1. The molecule has 2 aliphatic rings. The molecule has 24 heavy (non-hydrogen) atoms. The van der Waals surface area contributed by atoms with Crippen molar-refractivity contribution < 1.29 is 9.90 Å². The van der Waals surface area contributed by atoms with Crippen LogP contribution in [0.15, 0.2) is 18.3 Å². The zero-order valence-corrected chi connectivity index (χ0v) is 14.5. The lowest BCUT2D eigenvalue weighted by molar-refractivity contribution is -0.133. The Bertz CT molecular complexity index is 535. The van der Waals surface area contributed by atoms with E-state index >= 15 is 0 Å². The molecule has 0 atom stereocenters. The molecule has 1 amide bonds. The summed E-state index contributed by atoms with van der Waals surface area (Å²) in [5.41, 5.74) is 0.440. The molecule has 1 N–H and O–H groups in total. The Hall–Kier alpha value is -1.53. The second-order valence-electron chi connectivity index (χ2n) is 7.37. The van der Waals surface area contributed by atoms with Crippen LogP contribution < -0.4 is 0 Å². The third kappa shape index (κ3) is 4.51. The number of rotatable bonds is 4. The van der Waals surface area contributed by atoms with Gasteiger partial charge in [0.1, 0.15) is 0 Å². The quantitative estimate of drug-likeness (QED) is 0.894. The summed E-state index contributed by atoms with van der Waals surface area (Å²) >= 11 is 0. The molecule has 3 heterocycles. The molecular formula is C18H28N4O2. The van der Waals surface area contributed by atoms with Crippen LogP contribution in [0.5, 0.6) is 0 Å². The van der Waals surface area contributed by atoms with Crippen LogP contribution in [0, 0.1) is 5.92 Å². The smallest absolute Gasteiger partial charge is 0.219 e. The van der Waals surface area contributed by atoms with E-state index in [1.807, 2.05) is 17.0 Å². The normalized spacial score (nSPS) is 22.5. The molecule has 0 spiro atoms. The van der Waals surface area contributed by atoms with E-state index in [4.69, 9.17) is 0 Å². The first-order valence-electron chi connectivity index (χ1n) is 9.01. The average Bonchev–Trinajstić information content (AvgIpc) is 2.58. The summed E-state index contributed by atoms with van der Waals surface area (Å²) < 4.78 is 0. The van der Waals surface area contributed by atoms with Gasteiger partial charge in [0, 0.05) is 32.8 Å². The van der Waals surface area contributed by atoms with Crippen molar-refractivity contribution in [3.63, 3.8) is 0 Å². The average molecular weight is 332 g/mol. The van der Waals surface area contributed by atoms with E-state index in [1.165, 1.54) is 0 Å². The molecule has 6 nitrogen and oxygen atoms in total. The lowest BCUT2D eigenvalue weighted by Gasteiger charge is -2.42. The summed E-state index contributed by atoms with van der Waals surface area (Å²) in [7, 11) is 0. The molecular weight excluding hydrogens is 304 g/mol. The van der Waals surface area contributed by atoms with Gasteiger partial charge in [0.2, 0.25) is 5.91 Å². The van der Waals surface area contributed by atoms with Crippen LogP contribution in [0.25, 0.3) is 0 Å². The number of nitrogens with zero attached hydrogens (tertiary/aromatic N) is 4. The maximum Gasteiger partial charge on any atom is 0.219 e. The van der Waals surface area contributed by atoms with Crippen LogP contribution in [-0.4, -0.2) is 69.3 Å². The molecule has 1 aromatic heterocycles. The monoisotopic (exact) mass is 332 g/mol. The topological polar surface area (TPSA) is 69.6 Å². The van der Waals surface area contributed by atoms with E-state index < -0.39 is 5.60 Å². The van der Waals surface area contributed by atoms with Gasteiger partial charge in [-0.2, -0.15) is 10.2 Å². The molecule has 6 heteroatoms. The predicted molar refractivity (Wildman–Crippen MR) is 91.3 cm³/mol. The van der Waals surface area contributed by atoms with Crippen LogP contribution in [0.2, 0.25) is 0 Å². The highest BCUT2D eigenvalue weighted by molar-refractivity contribution is 5.73. The SMILES string of the molecule is CC(=O)N1CCC(O)(CN2CCC(Cc3cccnn3)CC2)CC1. The molecule has 0 radical (unpaired) electrons. The van der Waals surface area contributed by atoms with Crippen molar-refractivity contribution in [1.82, 2.24) is 20.0 Å². The van der Waals surface area contributed by atoms with Crippen LogP contribution in [0.4, 0.5) is 0 Å². The summed E-state index contributed by atoms with van der Waals surface area (Å²) in [5, 5.41) is 19.0. The number of hydrogen-bond acceptors (Lipinski definition) is 5. The summed E-state index contributed by atoms with van der Waals surface area (Å²) in [6.45, 7) is 5.75. The van der Waals surface area contributed by atoms with Gasteiger partial charge in [-0.25, -0.2) is 0 Å². The van der Waals surface area contributed by atoms with E-state index in [-0.39, 0.29) is 5.91 Å². The summed E-state index contributed by atoms with van der Waals surface area (Å²) in [6.07, 6.45) is 6.38. The van der Waals surface area contributed by atoms with E-state index in [0.717, 1.165) is 44.6 Å². The zero-order valence-electron chi connectivity index (χ0n) is 14.5. The molecule has 0 saturated carbocycles. The van der Waals surface area contributed by atoms with Crippen molar-refractivity contribution in [2.24, 2.45) is 5.92 Å². The fourth-order valence-corrected chi connectivity index (χ4v) is 3.90. The van der Waals surface area contributed by atoms with Gasteiger partial charge in [-0.3, -0.25) is 4.79 Å². The maximum atomic E-state index is 11.4. The molecule has 2 fully saturated rings. The molecule has 0 bridgehead atoms. The molecule has 0 aromatic carbocycles. The molecule has 132 valence electrons. The van der Waals surface area contributed by atoms with Gasteiger partial charge in [-0.1, -0.05) is 0 Å². The number of amides is 1. The number of piperidine rings is 2. The fraction of sp³-hybridized carbons (Fsp3) is 0.722. The second-order valence-corrected chi connectivity index (χ2v) is 7.37. The van der Waals surface area contributed by atoms with Crippen molar-refractivity contribution >= 4 is 5.91 Å². The molecule has 1 aromatic rings. The van der Waals surface area contributed by atoms with Crippen molar-refractivity contribution in [3.8, 4) is 0 Å². The predicted octanol–water partition coefficient (Wildman–Crippen LogP) is 1.10. The van der Waals surface area contributed by atoms with Gasteiger partial charge in [0.15, 0.2) is 0 Å². The fourth-order valence-electron chi connectivity index (χ4n) is 3.90. The van der Waals surface area contributed by atoms with E-state index in [9.17, 15) is 9.90 Å². The van der Waals surface area contributed by atoms with E-state index in [0.29, 0.717) is 31.8 Å². The van der Waals surface area contributed by atoms with Gasteiger partial charge in [0.05, 0.1) is 11.3 Å². The summed E-state index contributed by atoms with van der Waals surface area (Å²) in [5.74, 6) is 0.772. The molecule has 3 rings (SSSR count). The first kappa shape index (κ1) is 17.3. The number of likely N-dealkylation sites (tertiary alicyclic amines) is 2. The Kier molecular flexibility index (Phi) is 5.46. The number of aliphatic hydroxyl groups is 1. The van der Waals surface area contributed by atoms with Gasteiger partial charge in [0.25, 0.3) is 0 Å². The molecule has 2 saturated heterocycles. The minimum Gasteiger partial charge on any atom is -0.388 e. The number of β-amino-alcohol motifs (C(OH)–C–C–N with tert-alkyl or cyclic N) is 1. The third-order valence-electron chi connectivity index (χ3n) is 5.49. The van der Waals surface area contributed by atoms with Crippen molar-refractivity contribution in [1.29, 1.82) is 0 Å². The van der Waals surface area contributed by atoms with Gasteiger partial charge >= 0.3 is 0 Å². The lowest BCUT2D eigenvalue weighted by Crippen LogP contribution is -2.53. The number of aromatic nitrogens is 2. The third-order valence-corrected chi connectivity index (χ3v) is 5.49. The highest BCUT2D eigenvalue weighted by Gasteiger charge is 2.35. The van der Waals surface area contributed by atoms with Crippen molar-refractivity contribution in [3.05, 3.63) is 24.0 Å².